The minimum Gasteiger partial charge on any atom is -0.326 e. The Labute approximate surface area is 96.8 Å². The number of rotatable bonds is 6. The Hall–Kier alpha value is -1.19. The third-order valence-electron chi connectivity index (χ3n) is 2.74. The summed E-state index contributed by atoms with van der Waals surface area (Å²) < 4.78 is 0. The van der Waals surface area contributed by atoms with Gasteiger partial charge < -0.3 is 11.5 Å². The molecule has 0 heterocycles. The molecule has 0 fully saturated rings. The Morgan fingerprint density at radius 1 is 1.38 bits per heavy atom. The Kier molecular flexibility index (Phi) is 5.15. The first-order chi connectivity index (χ1) is 7.67. The molecule has 4 N–H and O–H groups in total. The van der Waals surface area contributed by atoms with Gasteiger partial charge in [0.15, 0.2) is 0 Å². The summed E-state index contributed by atoms with van der Waals surface area (Å²) in [5.41, 5.74) is 13.5. The van der Waals surface area contributed by atoms with Gasteiger partial charge in [-0.1, -0.05) is 31.2 Å². The zero-order chi connectivity index (χ0) is 12.0. The van der Waals surface area contributed by atoms with Gasteiger partial charge in [0, 0.05) is 13.0 Å². The number of benzene rings is 1. The molecule has 0 spiro atoms. The highest BCUT2D eigenvalue weighted by Gasteiger charge is 2.10. The van der Waals surface area contributed by atoms with E-state index in [1.54, 1.807) is 0 Å². The summed E-state index contributed by atoms with van der Waals surface area (Å²) in [7, 11) is 0. The molecule has 0 aliphatic carbocycles. The summed E-state index contributed by atoms with van der Waals surface area (Å²) in [5, 5.41) is 0. The van der Waals surface area contributed by atoms with Crippen molar-refractivity contribution < 1.29 is 4.79 Å². The number of hydrogen-bond acceptors (Lipinski definition) is 3. The van der Waals surface area contributed by atoms with E-state index in [1.165, 1.54) is 0 Å². The fourth-order valence-electron chi connectivity index (χ4n) is 1.59. The van der Waals surface area contributed by atoms with E-state index in [0.29, 0.717) is 19.4 Å². The quantitative estimate of drug-likeness (QED) is 0.761. The first kappa shape index (κ1) is 12.9. The monoisotopic (exact) mass is 220 g/mol. The molecule has 1 aromatic carbocycles. The fourth-order valence-corrected chi connectivity index (χ4v) is 1.59. The minimum atomic E-state index is -0.308. The van der Waals surface area contributed by atoms with E-state index in [9.17, 15) is 4.79 Å². The van der Waals surface area contributed by atoms with Crippen molar-refractivity contribution in [2.45, 2.75) is 38.8 Å². The van der Waals surface area contributed by atoms with Crippen LogP contribution in [0, 0.1) is 0 Å². The largest absolute Gasteiger partial charge is 0.326 e. The second kappa shape index (κ2) is 6.40. The molecule has 3 nitrogen and oxygen atoms in total. The predicted molar refractivity (Wildman–Crippen MR) is 65.9 cm³/mol. The molecule has 0 amide bonds. The van der Waals surface area contributed by atoms with Crippen LogP contribution in [0.4, 0.5) is 0 Å². The Bertz CT molecular complexity index is 350. The van der Waals surface area contributed by atoms with Crippen LogP contribution in [0.25, 0.3) is 0 Å². The van der Waals surface area contributed by atoms with Gasteiger partial charge in [0.1, 0.15) is 5.78 Å². The van der Waals surface area contributed by atoms with E-state index < -0.39 is 0 Å². The van der Waals surface area contributed by atoms with Crippen LogP contribution in [0.1, 0.15) is 30.9 Å². The van der Waals surface area contributed by atoms with E-state index in [4.69, 9.17) is 11.5 Å². The van der Waals surface area contributed by atoms with E-state index in [-0.39, 0.29) is 11.8 Å². The molecule has 0 radical (unpaired) electrons. The normalized spacial score (nSPS) is 12.4. The third kappa shape index (κ3) is 3.76. The standard InChI is InChI=1S/C13H20N2O/c1-2-12(15)13(16)7-6-10-4-3-5-11(8-10)9-14/h3-5,8,12H,2,6-7,9,14-15H2,1H3. The minimum absolute atomic E-state index is 0.139. The molecule has 16 heavy (non-hydrogen) atoms. The van der Waals surface area contributed by atoms with Crippen molar-refractivity contribution >= 4 is 5.78 Å². The van der Waals surface area contributed by atoms with E-state index in [1.807, 2.05) is 31.2 Å². The molecule has 0 saturated carbocycles. The lowest BCUT2D eigenvalue weighted by molar-refractivity contribution is -0.120. The van der Waals surface area contributed by atoms with E-state index >= 15 is 0 Å². The Morgan fingerprint density at radius 2 is 2.06 bits per heavy atom. The number of Topliss-reactive ketones (excluding diaryl/α,β-unsaturated/α-hetero) is 1. The van der Waals surface area contributed by atoms with Crippen molar-refractivity contribution in [1.82, 2.24) is 0 Å². The van der Waals surface area contributed by atoms with Crippen LogP contribution in [0.5, 0.6) is 0 Å². The summed E-state index contributed by atoms with van der Waals surface area (Å²) in [6.07, 6.45) is 1.98. The van der Waals surface area contributed by atoms with Crippen LogP contribution >= 0.6 is 0 Å². The second-order valence-electron chi connectivity index (χ2n) is 4.01. The lowest BCUT2D eigenvalue weighted by Gasteiger charge is -2.07. The molecule has 88 valence electrons. The maximum Gasteiger partial charge on any atom is 0.149 e. The SMILES string of the molecule is CCC(N)C(=O)CCc1cccc(CN)c1. The number of carbonyl (C=O) groups is 1. The molecule has 0 bridgehead atoms. The molecular formula is C13H20N2O. The second-order valence-corrected chi connectivity index (χ2v) is 4.01. The van der Waals surface area contributed by atoms with Crippen LogP contribution in [-0.4, -0.2) is 11.8 Å². The number of nitrogens with two attached hydrogens (primary N) is 2. The highest BCUT2D eigenvalue weighted by Crippen LogP contribution is 2.08. The van der Waals surface area contributed by atoms with Crippen molar-refractivity contribution in [3.05, 3.63) is 35.4 Å². The average Bonchev–Trinajstić information content (AvgIpc) is 2.35. The predicted octanol–water partition coefficient (Wildman–Crippen LogP) is 1.38. The molecular weight excluding hydrogens is 200 g/mol. The maximum absolute atomic E-state index is 11.6. The highest BCUT2D eigenvalue weighted by molar-refractivity contribution is 5.83. The van der Waals surface area contributed by atoms with Gasteiger partial charge in [-0.05, 0) is 24.0 Å². The number of aryl methyl sites for hydroxylation is 1. The molecule has 0 aliphatic heterocycles. The van der Waals surface area contributed by atoms with E-state index in [2.05, 4.69) is 0 Å². The van der Waals surface area contributed by atoms with Crippen LogP contribution in [0.15, 0.2) is 24.3 Å². The summed E-state index contributed by atoms with van der Waals surface area (Å²) in [5.74, 6) is 0.139. The van der Waals surface area contributed by atoms with Crippen molar-refractivity contribution in [2.24, 2.45) is 11.5 Å². The number of hydrogen-bond donors (Lipinski definition) is 2. The van der Waals surface area contributed by atoms with Crippen LogP contribution < -0.4 is 11.5 Å². The lowest BCUT2D eigenvalue weighted by Crippen LogP contribution is -2.29. The van der Waals surface area contributed by atoms with Crippen molar-refractivity contribution in [3.8, 4) is 0 Å². The zero-order valence-electron chi connectivity index (χ0n) is 9.78. The van der Waals surface area contributed by atoms with Gasteiger partial charge in [-0.15, -0.1) is 0 Å². The molecule has 0 saturated heterocycles. The molecule has 1 aromatic rings. The summed E-state index contributed by atoms with van der Waals surface area (Å²) >= 11 is 0. The molecule has 0 aromatic heterocycles. The molecule has 1 unspecified atom stereocenters. The van der Waals surface area contributed by atoms with Crippen LogP contribution in [0.3, 0.4) is 0 Å². The van der Waals surface area contributed by atoms with Crippen molar-refractivity contribution in [1.29, 1.82) is 0 Å². The van der Waals surface area contributed by atoms with Crippen LogP contribution in [-0.2, 0) is 17.8 Å². The lowest BCUT2D eigenvalue weighted by atomic mass is 10.0. The van der Waals surface area contributed by atoms with E-state index in [0.717, 1.165) is 17.5 Å². The molecule has 1 rings (SSSR count). The zero-order valence-corrected chi connectivity index (χ0v) is 9.78. The van der Waals surface area contributed by atoms with Crippen molar-refractivity contribution in [2.75, 3.05) is 0 Å². The molecule has 0 aliphatic rings. The van der Waals surface area contributed by atoms with Gasteiger partial charge in [-0.3, -0.25) is 4.79 Å². The Balaban J connectivity index is 2.51. The number of carbonyl (C=O) groups excluding carboxylic acids is 1. The van der Waals surface area contributed by atoms with Gasteiger partial charge in [-0.2, -0.15) is 0 Å². The maximum atomic E-state index is 11.6. The number of ketones is 1. The Morgan fingerprint density at radius 3 is 2.69 bits per heavy atom. The van der Waals surface area contributed by atoms with Gasteiger partial charge >= 0.3 is 0 Å². The molecule has 1 atom stereocenters. The first-order valence-corrected chi connectivity index (χ1v) is 5.73. The highest BCUT2D eigenvalue weighted by atomic mass is 16.1. The van der Waals surface area contributed by atoms with Gasteiger partial charge in [-0.25, -0.2) is 0 Å². The van der Waals surface area contributed by atoms with Gasteiger partial charge in [0.25, 0.3) is 0 Å². The third-order valence-corrected chi connectivity index (χ3v) is 2.74. The smallest absolute Gasteiger partial charge is 0.149 e. The summed E-state index contributed by atoms with van der Waals surface area (Å²) in [4.78, 5) is 11.6. The van der Waals surface area contributed by atoms with Gasteiger partial charge in [0.2, 0.25) is 0 Å². The van der Waals surface area contributed by atoms with Crippen molar-refractivity contribution in [3.63, 3.8) is 0 Å². The average molecular weight is 220 g/mol. The summed E-state index contributed by atoms with van der Waals surface area (Å²) in [6.45, 7) is 2.47. The molecule has 3 heteroatoms. The topological polar surface area (TPSA) is 69.1 Å². The fraction of sp³-hybridized carbons (Fsp3) is 0.462. The van der Waals surface area contributed by atoms with Crippen LogP contribution in [0.2, 0.25) is 0 Å². The first-order valence-electron chi connectivity index (χ1n) is 5.73. The van der Waals surface area contributed by atoms with Gasteiger partial charge in [0.05, 0.1) is 6.04 Å². The summed E-state index contributed by atoms with van der Waals surface area (Å²) in [6, 6.07) is 7.72.